The van der Waals surface area contributed by atoms with Crippen LogP contribution in [0.5, 0.6) is 0 Å². The molecule has 0 fully saturated rings. The van der Waals surface area contributed by atoms with Crippen molar-refractivity contribution in [3.8, 4) is 0 Å². The first-order valence-electron chi connectivity index (χ1n) is 6.16. The summed E-state index contributed by atoms with van der Waals surface area (Å²) >= 11 is 0. The van der Waals surface area contributed by atoms with E-state index in [1.165, 1.54) is 0 Å². The van der Waals surface area contributed by atoms with Gasteiger partial charge in [0.25, 0.3) is 5.78 Å². The van der Waals surface area contributed by atoms with E-state index in [2.05, 4.69) is 0 Å². The van der Waals surface area contributed by atoms with Gasteiger partial charge in [0.1, 0.15) is 11.5 Å². The molecule has 1 aromatic carbocycles. The minimum Gasteiger partial charge on any atom is -0.507 e. The van der Waals surface area contributed by atoms with E-state index in [9.17, 15) is 14.7 Å². The van der Waals surface area contributed by atoms with Gasteiger partial charge in [0.2, 0.25) is 0 Å². The highest BCUT2D eigenvalue weighted by atomic mass is 16.5. The van der Waals surface area contributed by atoms with Gasteiger partial charge in [-0.2, -0.15) is 0 Å². The Morgan fingerprint density at radius 1 is 1.11 bits per heavy atom. The van der Waals surface area contributed by atoms with Crippen molar-refractivity contribution in [3.63, 3.8) is 0 Å². The quantitative estimate of drug-likeness (QED) is 0.476. The molecule has 0 aromatic heterocycles. The molecule has 0 saturated carbocycles. The summed E-state index contributed by atoms with van der Waals surface area (Å²) in [6.07, 6.45) is 1.86. The number of benzene rings is 1. The molecule has 3 rings (SSSR count). The third-order valence-electron chi connectivity index (χ3n) is 3.39. The highest BCUT2D eigenvalue weighted by molar-refractivity contribution is 6.43. The average Bonchev–Trinajstić information content (AvgIpc) is 2.75. The number of carbonyl (C=O) groups is 2. The maximum Gasteiger partial charge on any atom is 0.384 e. The van der Waals surface area contributed by atoms with Gasteiger partial charge in [0, 0.05) is 11.1 Å². The van der Waals surface area contributed by atoms with E-state index < -0.39 is 11.8 Å². The zero-order chi connectivity index (χ0) is 13.4. The van der Waals surface area contributed by atoms with E-state index in [0.717, 1.165) is 6.42 Å². The molecule has 0 atom stereocenters. The van der Waals surface area contributed by atoms with Crippen LogP contribution in [-0.4, -0.2) is 16.9 Å². The minimum absolute atomic E-state index is 0.0790. The van der Waals surface area contributed by atoms with Crippen LogP contribution in [-0.2, 0) is 14.3 Å². The van der Waals surface area contributed by atoms with E-state index in [0.29, 0.717) is 29.6 Å². The molecule has 0 spiro atoms. The summed E-state index contributed by atoms with van der Waals surface area (Å²) in [6.45, 7) is 0. The van der Waals surface area contributed by atoms with Crippen LogP contribution in [0.3, 0.4) is 0 Å². The zero-order valence-electron chi connectivity index (χ0n) is 10.2. The van der Waals surface area contributed by atoms with Crippen LogP contribution in [0.4, 0.5) is 0 Å². The largest absolute Gasteiger partial charge is 0.507 e. The third kappa shape index (κ3) is 1.85. The lowest BCUT2D eigenvalue weighted by atomic mass is 9.90. The lowest BCUT2D eigenvalue weighted by Gasteiger charge is -2.16. The van der Waals surface area contributed by atoms with Crippen LogP contribution in [0.25, 0.3) is 5.76 Å². The van der Waals surface area contributed by atoms with Gasteiger partial charge < -0.3 is 9.84 Å². The van der Waals surface area contributed by atoms with Crippen LogP contribution in [0.1, 0.15) is 24.8 Å². The highest BCUT2D eigenvalue weighted by Gasteiger charge is 2.38. The molecule has 96 valence electrons. The van der Waals surface area contributed by atoms with Crippen molar-refractivity contribution in [2.45, 2.75) is 19.3 Å². The number of ketones is 1. The minimum atomic E-state index is -0.842. The van der Waals surface area contributed by atoms with E-state index in [1.54, 1.807) is 12.1 Å². The number of hydrogen-bond donors (Lipinski definition) is 1. The first-order chi connectivity index (χ1) is 9.18. The van der Waals surface area contributed by atoms with Gasteiger partial charge in [0.05, 0.1) is 5.57 Å². The molecule has 1 aliphatic heterocycles. The van der Waals surface area contributed by atoms with Crippen LogP contribution >= 0.6 is 0 Å². The molecule has 4 heteroatoms. The summed E-state index contributed by atoms with van der Waals surface area (Å²) in [5.41, 5.74) is 1.60. The molecule has 1 heterocycles. The van der Waals surface area contributed by atoms with Gasteiger partial charge >= 0.3 is 5.97 Å². The van der Waals surface area contributed by atoms with Crippen molar-refractivity contribution in [1.82, 2.24) is 0 Å². The second-order valence-corrected chi connectivity index (χ2v) is 4.57. The number of allylic oxidation sites excluding steroid dienone is 1. The molecule has 0 saturated heterocycles. The van der Waals surface area contributed by atoms with E-state index in [1.807, 2.05) is 18.2 Å². The fraction of sp³-hybridized carbons (Fsp3) is 0.200. The van der Waals surface area contributed by atoms with Crippen molar-refractivity contribution >= 4 is 17.5 Å². The highest BCUT2D eigenvalue weighted by Crippen LogP contribution is 2.38. The Morgan fingerprint density at radius 2 is 1.84 bits per heavy atom. The monoisotopic (exact) mass is 256 g/mol. The lowest BCUT2D eigenvalue weighted by molar-refractivity contribution is -0.146. The van der Waals surface area contributed by atoms with Crippen LogP contribution < -0.4 is 0 Å². The van der Waals surface area contributed by atoms with E-state index >= 15 is 0 Å². The molecular formula is C15H12O4. The molecule has 4 nitrogen and oxygen atoms in total. The maximum atomic E-state index is 11.6. The molecule has 1 aliphatic carbocycles. The first kappa shape index (κ1) is 11.7. The fourth-order valence-electron chi connectivity index (χ4n) is 2.45. The topological polar surface area (TPSA) is 63.6 Å². The molecule has 1 aromatic rings. The van der Waals surface area contributed by atoms with Gasteiger partial charge in [-0.05, 0) is 19.3 Å². The second-order valence-electron chi connectivity index (χ2n) is 4.57. The predicted molar refractivity (Wildman–Crippen MR) is 68.0 cm³/mol. The fourth-order valence-corrected chi connectivity index (χ4v) is 2.45. The standard InChI is InChI=1S/C15H12O4/c16-12(9-5-2-1-3-6-9)10-7-4-8-11-13(17)15(18)19-14(10)11/h1-3,5-6,16H,4,7-8H2/b12-10+. The second kappa shape index (κ2) is 4.39. The molecule has 0 radical (unpaired) electrons. The summed E-state index contributed by atoms with van der Waals surface area (Å²) in [4.78, 5) is 22.9. The summed E-state index contributed by atoms with van der Waals surface area (Å²) in [5.74, 6) is -1.07. The summed E-state index contributed by atoms with van der Waals surface area (Å²) in [7, 11) is 0. The van der Waals surface area contributed by atoms with Crippen molar-refractivity contribution in [2.24, 2.45) is 0 Å². The number of hydrogen-bond acceptors (Lipinski definition) is 4. The molecule has 0 unspecified atom stereocenters. The average molecular weight is 256 g/mol. The number of aliphatic hydroxyl groups is 1. The smallest absolute Gasteiger partial charge is 0.384 e. The van der Waals surface area contributed by atoms with Crippen LogP contribution in [0.2, 0.25) is 0 Å². The van der Waals surface area contributed by atoms with Gasteiger partial charge in [-0.3, -0.25) is 4.79 Å². The molecule has 2 aliphatic rings. The van der Waals surface area contributed by atoms with Crippen molar-refractivity contribution in [3.05, 3.63) is 52.8 Å². The Hall–Kier alpha value is -2.36. The number of Topliss-reactive ketones (excluding diaryl/α,β-unsaturated/α-hetero) is 1. The van der Waals surface area contributed by atoms with Crippen molar-refractivity contribution in [2.75, 3.05) is 0 Å². The number of esters is 1. The number of carbonyl (C=O) groups excluding carboxylic acids is 2. The Kier molecular flexibility index (Phi) is 2.71. The summed E-state index contributed by atoms with van der Waals surface area (Å²) in [6, 6.07) is 9.03. The van der Waals surface area contributed by atoms with Crippen LogP contribution in [0.15, 0.2) is 47.2 Å². The Labute approximate surface area is 110 Å². The molecular weight excluding hydrogens is 244 g/mol. The lowest BCUT2D eigenvalue weighted by Crippen LogP contribution is -2.09. The Morgan fingerprint density at radius 3 is 2.58 bits per heavy atom. The number of aliphatic hydroxyl groups excluding tert-OH is 1. The summed E-state index contributed by atoms with van der Waals surface area (Å²) in [5, 5.41) is 10.3. The number of ether oxygens (including phenoxy) is 1. The Balaban J connectivity index is 2.10. The maximum absolute atomic E-state index is 11.6. The van der Waals surface area contributed by atoms with E-state index in [-0.39, 0.29) is 11.5 Å². The third-order valence-corrected chi connectivity index (χ3v) is 3.39. The van der Waals surface area contributed by atoms with Gasteiger partial charge in [-0.15, -0.1) is 0 Å². The predicted octanol–water partition coefficient (Wildman–Crippen LogP) is 2.52. The van der Waals surface area contributed by atoms with Crippen molar-refractivity contribution in [1.29, 1.82) is 0 Å². The molecule has 0 bridgehead atoms. The van der Waals surface area contributed by atoms with Crippen molar-refractivity contribution < 1.29 is 19.4 Å². The SMILES string of the molecule is O=C1OC2=C(CCC/C2=C(\O)c2ccccc2)C1=O. The van der Waals surface area contributed by atoms with Gasteiger partial charge in [-0.1, -0.05) is 30.3 Å². The van der Waals surface area contributed by atoms with Crippen LogP contribution in [0, 0.1) is 0 Å². The molecule has 1 N–H and O–H groups in total. The van der Waals surface area contributed by atoms with E-state index in [4.69, 9.17) is 4.74 Å². The van der Waals surface area contributed by atoms with Gasteiger partial charge in [-0.25, -0.2) is 4.79 Å². The zero-order valence-corrected chi connectivity index (χ0v) is 10.2. The normalized spacial score (nSPS) is 21.3. The molecule has 19 heavy (non-hydrogen) atoms. The number of rotatable bonds is 1. The molecule has 0 amide bonds. The van der Waals surface area contributed by atoms with Gasteiger partial charge in [0.15, 0.2) is 0 Å². The first-order valence-corrected chi connectivity index (χ1v) is 6.16. The summed E-state index contributed by atoms with van der Waals surface area (Å²) < 4.78 is 5.01. The Bertz CT molecular complexity index is 623.